The molecule has 0 unspecified atom stereocenters. The number of phenolic OH excluding ortho intramolecular Hbond substituents is 1. The first-order valence-electron chi connectivity index (χ1n) is 6.67. The summed E-state index contributed by atoms with van der Waals surface area (Å²) in [5, 5.41) is 9.93. The van der Waals surface area contributed by atoms with Crippen molar-refractivity contribution in [3.63, 3.8) is 0 Å². The number of nitrogen functional groups attached to an aromatic ring is 1. The zero-order valence-electron chi connectivity index (χ0n) is 11.7. The lowest BCUT2D eigenvalue weighted by Crippen LogP contribution is -2.28. The Labute approximate surface area is 122 Å². The number of ether oxygens (including phenoxy) is 1. The van der Waals surface area contributed by atoms with Crippen LogP contribution in [0.1, 0.15) is 15.9 Å². The maximum atomic E-state index is 12.7. The Bertz CT molecular complexity index is 713. The summed E-state index contributed by atoms with van der Waals surface area (Å²) in [7, 11) is 1.52. The molecule has 0 bridgehead atoms. The molecule has 108 valence electrons. The van der Waals surface area contributed by atoms with E-state index in [4.69, 9.17) is 10.5 Å². The van der Waals surface area contributed by atoms with Gasteiger partial charge in [0.05, 0.1) is 12.7 Å². The Morgan fingerprint density at radius 1 is 1.29 bits per heavy atom. The molecule has 0 radical (unpaired) electrons. The van der Waals surface area contributed by atoms with Crippen molar-refractivity contribution in [2.45, 2.75) is 6.42 Å². The lowest BCUT2D eigenvalue weighted by molar-refractivity contribution is 0.0986. The van der Waals surface area contributed by atoms with Gasteiger partial charge in [-0.25, -0.2) is 0 Å². The van der Waals surface area contributed by atoms with Crippen molar-refractivity contribution in [2.75, 3.05) is 24.3 Å². The first-order valence-corrected chi connectivity index (χ1v) is 6.67. The van der Waals surface area contributed by atoms with E-state index in [1.807, 2.05) is 12.1 Å². The summed E-state index contributed by atoms with van der Waals surface area (Å²) in [6.07, 6.45) is 0.761. The molecule has 2 aromatic rings. The van der Waals surface area contributed by atoms with Crippen LogP contribution in [0.15, 0.2) is 36.4 Å². The molecule has 21 heavy (non-hydrogen) atoms. The highest BCUT2D eigenvalue weighted by Crippen LogP contribution is 2.33. The van der Waals surface area contributed by atoms with Gasteiger partial charge in [0.15, 0.2) is 0 Å². The molecule has 0 aromatic heterocycles. The number of phenols is 1. The van der Waals surface area contributed by atoms with E-state index in [1.165, 1.54) is 13.2 Å². The molecule has 3 N–H and O–H groups in total. The number of anilines is 2. The van der Waals surface area contributed by atoms with Gasteiger partial charge >= 0.3 is 0 Å². The second kappa shape index (κ2) is 5.01. The highest BCUT2D eigenvalue weighted by molar-refractivity contribution is 6.09. The van der Waals surface area contributed by atoms with Gasteiger partial charge in [-0.3, -0.25) is 4.79 Å². The number of benzene rings is 2. The molecule has 5 nitrogen and oxygen atoms in total. The summed E-state index contributed by atoms with van der Waals surface area (Å²) in [6.45, 7) is 0.578. The molecule has 0 spiro atoms. The summed E-state index contributed by atoms with van der Waals surface area (Å²) >= 11 is 0. The molecule has 1 aliphatic rings. The average Bonchev–Trinajstić information content (AvgIpc) is 2.90. The van der Waals surface area contributed by atoms with E-state index < -0.39 is 0 Å². The number of amides is 1. The fourth-order valence-electron chi connectivity index (χ4n) is 2.59. The molecule has 1 heterocycles. The predicted octanol–water partition coefficient (Wildman–Crippen LogP) is 2.19. The highest BCUT2D eigenvalue weighted by atomic mass is 16.5. The van der Waals surface area contributed by atoms with Crippen LogP contribution in [0, 0.1) is 0 Å². The van der Waals surface area contributed by atoms with Crippen LogP contribution in [0.5, 0.6) is 11.5 Å². The molecular formula is C16H16N2O3. The zero-order valence-corrected chi connectivity index (χ0v) is 11.7. The Kier molecular flexibility index (Phi) is 3.17. The molecule has 5 heteroatoms. The number of carbonyl (C=O) groups is 1. The minimum Gasteiger partial charge on any atom is -0.507 e. The minimum atomic E-state index is -0.241. The van der Waals surface area contributed by atoms with E-state index in [9.17, 15) is 9.90 Å². The number of fused-ring (bicyclic) bond motifs is 1. The normalized spacial score (nSPS) is 13.1. The largest absolute Gasteiger partial charge is 0.507 e. The van der Waals surface area contributed by atoms with Crippen molar-refractivity contribution in [1.29, 1.82) is 0 Å². The van der Waals surface area contributed by atoms with Gasteiger partial charge in [0.1, 0.15) is 11.5 Å². The molecule has 1 aliphatic heterocycles. The predicted molar refractivity (Wildman–Crippen MR) is 80.9 cm³/mol. The Morgan fingerprint density at radius 2 is 2.10 bits per heavy atom. The number of rotatable bonds is 2. The lowest BCUT2D eigenvalue weighted by Gasteiger charge is -2.18. The maximum Gasteiger partial charge on any atom is 0.262 e. The van der Waals surface area contributed by atoms with E-state index in [-0.39, 0.29) is 17.2 Å². The van der Waals surface area contributed by atoms with Gasteiger partial charge in [-0.15, -0.1) is 0 Å². The Morgan fingerprint density at radius 3 is 2.86 bits per heavy atom. The summed E-state index contributed by atoms with van der Waals surface area (Å²) in [6, 6.07) is 10.1. The van der Waals surface area contributed by atoms with Crippen LogP contribution in [0.4, 0.5) is 11.4 Å². The molecule has 0 aliphatic carbocycles. The molecule has 3 rings (SSSR count). The highest BCUT2D eigenvalue weighted by Gasteiger charge is 2.27. The summed E-state index contributed by atoms with van der Waals surface area (Å²) in [4.78, 5) is 14.3. The van der Waals surface area contributed by atoms with Crippen LogP contribution in [-0.4, -0.2) is 24.7 Å². The summed E-state index contributed by atoms with van der Waals surface area (Å²) < 4.78 is 5.11. The fourth-order valence-corrected chi connectivity index (χ4v) is 2.59. The summed E-state index contributed by atoms with van der Waals surface area (Å²) in [5.41, 5.74) is 8.58. The standard InChI is InChI=1S/C16H16N2O3/c1-21-12-3-5-15(19)13(9-12)16(20)18-7-6-10-8-11(17)2-4-14(10)18/h2-5,8-9,19H,6-7,17H2,1H3. The molecule has 0 saturated carbocycles. The van der Waals surface area contributed by atoms with Crippen molar-refractivity contribution in [3.8, 4) is 11.5 Å². The Hall–Kier alpha value is -2.69. The van der Waals surface area contributed by atoms with Gasteiger partial charge in [0.2, 0.25) is 0 Å². The van der Waals surface area contributed by atoms with Crippen molar-refractivity contribution >= 4 is 17.3 Å². The van der Waals surface area contributed by atoms with Crippen molar-refractivity contribution < 1.29 is 14.6 Å². The SMILES string of the molecule is COc1ccc(O)c(C(=O)N2CCc3cc(N)ccc32)c1. The number of hydrogen-bond acceptors (Lipinski definition) is 4. The van der Waals surface area contributed by atoms with Crippen LogP contribution < -0.4 is 15.4 Å². The van der Waals surface area contributed by atoms with E-state index in [0.29, 0.717) is 18.0 Å². The van der Waals surface area contributed by atoms with Crippen molar-refractivity contribution in [3.05, 3.63) is 47.5 Å². The monoisotopic (exact) mass is 284 g/mol. The van der Waals surface area contributed by atoms with Gasteiger partial charge in [0, 0.05) is 17.9 Å². The molecule has 2 aromatic carbocycles. The van der Waals surface area contributed by atoms with Crippen LogP contribution in [0.3, 0.4) is 0 Å². The zero-order chi connectivity index (χ0) is 15.0. The number of carbonyl (C=O) groups excluding carboxylic acids is 1. The van der Waals surface area contributed by atoms with Crippen LogP contribution in [-0.2, 0) is 6.42 Å². The fraction of sp³-hybridized carbons (Fsp3) is 0.188. The minimum absolute atomic E-state index is 0.0512. The molecule has 0 fully saturated rings. The smallest absolute Gasteiger partial charge is 0.262 e. The van der Waals surface area contributed by atoms with Crippen LogP contribution >= 0.6 is 0 Å². The van der Waals surface area contributed by atoms with Gasteiger partial charge in [-0.05, 0) is 48.4 Å². The van der Waals surface area contributed by atoms with Crippen molar-refractivity contribution in [1.82, 2.24) is 0 Å². The van der Waals surface area contributed by atoms with E-state index >= 15 is 0 Å². The molecule has 0 atom stereocenters. The maximum absolute atomic E-state index is 12.7. The molecule has 0 saturated heterocycles. The van der Waals surface area contributed by atoms with Crippen molar-refractivity contribution in [2.24, 2.45) is 0 Å². The number of nitrogens with zero attached hydrogens (tertiary/aromatic N) is 1. The second-order valence-corrected chi connectivity index (χ2v) is 4.98. The molecular weight excluding hydrogens is 268 g/mol. The first kappa shape index (κ1) is 13.3. The third kappa shape index (κ3) is 2.27. The first-order chi connectivity index (χ1) is 10.1. The van der Waals surface area contributed by atoms with Crippen LogP contribution in [0.2, 0.25) is 0 Å². The second-order valence-electron chi connectivity index (χ2n) is 4.98. The number of hydrogen-bond donors (Lipinski definition) is 2. The number of nitrogens with two attached hydrogens (primary N) is 1. The number of methoxy groups -OCH3 is 1. The summed E-state index contributed by atoms with van der Waals surface area (Å²) in [5.74, 6) is 0.243. The Balaban J connectivity index is 1.98. The third-order valence-corrected chi connectivity index (χ3v) is 3.68. The van der Waals surface area contributed by atoms with Gasteiger partial charge in [0.25, 0.3) is 5.91 Å². The average molecular weight is 284 g/mol. The lowest BCUT2D eigenvalue weighted by atomic mass is 10.1. The topological polar surface area (TPSA) is 75.8 Å². The van der Waals surface area contributed by atoms with E-state index in [2.05, 4.69) is 0 Å². The van der Waals surface area contributed by atoms with Crippen LogP contribution in [0.25, 0.3) is 0 Å². The number of aromatic hydroxyl groups is 1. The van der Waals surface area contributed by atoms with E-state index in [1.54, 1.807) is 23.1 Å². The third-order valence-electron chi connectivity index (χ3n) is 3.68. The quantitative estimate of drug-likeness (QED) is 0.829. The molecule has 1 amide bonds. The van der Waals surface area contributed by atoms with Gasteiger partial charge in [-0.1, -0.05) is 0 Å². The van der Waals surface area contributed by atoms with Gasteiger partial charge in [-0.2, -0.15) is 0 Å². The van der Waals surface area contributed by atoms with E-state index in [0.717, 1.165) is 17.7 Å². The van der Waals surface area contributed by atoms with Gasteiger partial charge < -0.3 is 20.5 Å².